The van der Waals surface area contributed by atoms with E-state index in [2.05, 4.69) is 81.6 Å². The molecule has 19 heteroatoms. The Labute approximate surface area is 394 Å². The molecule has 3 N–H and O–H groups in total. The number of ether oxygens (including phenoxy) is 1. The maximum absolute atomic E-state index is 13.4. The maximum atomic E-state index is 13.4. The van der Waals surface area contributed by atoms with E-state index in [0.29, 0.717) is 76.8 Å². The predicted molar refractivity (Wildman–Crippen MR) is 258 cm³/mol. The van der Waals surface area contributed by atoms with Gasteiger partial charge in [0.15, 0.2) is 0 Å². The van der Waals surface area contributed by atoms with Gasteiger partial charge in [-0.2, -0.15) is 4.98 Å². The molecule has 0 radical (unpaired) electrons. The SMILES string of the molecule is COc1cc(N2CCC(N3CCN(CC4CN(c5ccc6c(c5)C(=O)N(C5CCC(=O)NC5=O)C6)C4)CC3)CC2)c(C)cc1Nc1ncc(Br)c(Nc2cccc3c2N(S(C)(=O)=O)CC3)n1. The Kier molecular flexibility index (Phi) is 12.1. The van der Waals surface area contributed by atoms with Crippen LogP contribution < -0.4 is 34.8 Å². The second kappa shape index (κ2) is 18.0. The molecule has 17 nitrogen and oxygen atoms in total. The number of benzene rings is 3. The van der Waals surface area contributed by atoms with E-state index in [4.69, 9.17) is 9.72 Å². The largest absolute Gasteiger partial charge is 0.494 e. The van der Waals surface area contributed by atoms with Gasteiger partial charge in [0.1, 0.15) is 17.6 Å². The maximum Gasteiger partial charge on any atom is 0.255 e. The van der Waals surface area contributed by atoms with Crippen molar-refractivity contribution in [3.8, 4) is 5.75 Å². The molecule has 3 aromatic carbocycles. The van der Waals surface area contributed by atoms with Crippen molar-refractivity contribution in [2.24, 2.45) is 5.92 Å². The number of rotatable bonds is 12. The lowest BCUT2D eigenvalue weighted by atomic mass is 9.96. The Bertz CT molecular complexity index is 2680. The van der Waals surface area contributed by atoms with Crippen LogP contribution in [0.3, 0.4) is 0 Å². The van der Waals surface area contributed by atoms with E-state index in [1.807, 2.05) is 30.3 Å². The van der Waals surface area contributed by atoms with Gasteiger partial charge in [0, 0.05) is 120 Å². The average molecular weight is 983 g/mol. The molecule has 4 saturated heterocycles. The van der Waals surface area contributed by atoms with Gasteiger partial charge in [-0.15, -0.1) is 0 Å². The lowest BCUT2D eigenvalue weighted by Crippen LogP contribution is -2.57. The summed E-state index contributed by atoms with van der Waals surface area (Å²) in [5, 5.41) is 9.09. The average Bonchev–Trinajstić information content (AvgIpc) is 3.88. The second-order valence-electron chi connectivity index (χ2n) is 18.4. The highest BCUT2D eigenvalue weighted by molar-refractivity contribution is 9.10. The van der Waals surface area contributed by atoms with Gasteiger partial charge < -0.3 is 35.0 Å². The molecule has 7 heterocycles. The molecule has 6 aliphatic heterocycles. The molecule has 348 valence electrons. The molecule has 6 aliphatic rings. The molecule has 1 aromatic heterocycles. The summed E-state index contributed by atoms with van der Waals surface area (Å²) in [6, 6.07) is 16.0. The molecule has 0 spiro atoms. The summed E-state index contributed by atoms with van der Waals surface area (Å²) < 4.78 is 33.2. The molecule has 1 unspecified atom stereocenters. The Hall–Kier alpha value is -5.50. The number of fused-ring (bicyclic) bond motifs is 2. The quantitative estimate of drug-likeness (QED) is 0.164. The number of para-hydroxylation sites is 1. The molecule has 4 aromatic rings. The van der Waals surface area contributed by atoms with Crippen LogP contribution in [0.15, 0.2) is 59.2 Å². The first-order valence-corrected chi connectivity index (χ1v) is 25.5. The summed E-state index contributed by atoms with van der Waals surface area (Å²) in [6.45, 7) is 12.2. The van der Waals surface area contributed by atoms with Crippen LogP contribution in [0.1, 0.15) is 52.7 Å². The summed E-state index contributed by atoms with van der Waals surface area (Å²) in [4.78, 5) is 58.5. The third-order valence-electron chi connectivity index (χ3n) is 14.2. The number of sulfonamides is 1. The van der Waals surface area contributed by atoms with E-state index in [-0.39, 0.29) is 24.1 Å². The van der Waals surface area contributed by atoms with Gasteiger partial charge in [-0.1, -0.05) is 18.2 Å². The van der Waals surface area contributed by atoms with Gasteiger partial charge >= 0.3 is 0 Å². The Morgan fingerprint density at radius 3 is 2.41 bits per heavy atom. The highest BCUT2D eigenvalue weighted by atomic mass is 79.9. The third-order valence-corrected chi connectivity index (χ3v) is 15.9. The first-order valence-electron chi connectivity index (χ1n) is 22.9. The summed E-state index contributed by atoms with van der Waals surface area (Å²) in [5.41, 5.74) is 7.94. The van der Waals surface area contributed by atoms with Crippen LogP contribution in [0.2, 0.25) is 0 Å². The Balaban J connectivity index is 0.694. The number of piperazine rings is 1. The summed E-state index contributed by atoms with van der Waals surface area (Å²) in [7, 11) is -1.77. The first-order chi connectivity index (χ1) is 31.8. The molecule has 10 rings (SSSR count). The van der Waals surface area contributed by atoms with E-state index in [0.717, 1.165) is 105 Å². The zero-order chi connectivity index (χ0) is 45.9. The van der Waals surface area contributed by atoms with Gasteiger partial charge in [0.2, 0.25) is 27.8 Å². The number of aryl methyl sites for hydroxylation is 1. The number of carbonyl (C=O) groups is 3. The zero-order valence-electron chi connectivity index (χ0n) is 37.6. The molecular formula is C47H56BrN11O6S. The fraction of sp³-hybridized carbons (Fsp3) is 0.468. The van der Waals surface area contributed by atoms with E-state index < -0.39 is 16.1 Å². The fourth-order valence-corrected chi connectivity index (χ4v) is 11.9. The molecule has 0 saturated carbocycles. The highest BCUT2D eigenvalue weighted by Gasteiger charge is 2.40. The predicted octanol–water partition coefficient (Wildman–Crippen LogP) is 4.85. The van der Waals surface area contributed by atoms with Crippen molar-refractivity contribution in [1.29, 1.82) is 0 Å². The number of aromatic nitrogens is 2. The highest BCUT2D eigenvalue weighted by Crippen LogP contribution is 2.41. The minimum atomic E-state index is -3.44. The third kappa shape index (κ3) is 8.77. The van der Waals surface area contributed by atoms with Crippen LogP contribution in [-0.2, 0) is 32.6 Å². The number of methoxy groups -OCH3 is 1. The summed E-state index contributed by atoms with van der Waals surface area (Å²) in [5.74, 6) is 1.36. The van der Waals surface area contributed by atoms with Gasteiger partial charge in [-0.25, -0.2) is 13.4 Å². The number of hydrogen-bond donors (Lipinski definition) is 3. The standard InChI is InChI=1S/C47H56BrN11O6S/c1-29-21-38(51-47-49-24-36(48)44(53-47)50-37-6-4-5-31-11-16-59(43(31)37)66(3,63)64)41(65-2)23-40(29)56-14-12-33(13-15-56)55-19-17-54(18-20-55)25-30-26-57(27-30)34-8-7-32-28-58(46(62)35(32)22-34)39-9-10-42(60)52-45(39)61/h4-8,21-24,30,33,39H,9-20,25-28H2,1-3H3,(H,52,60,61)(H2,49,50,51,53). The van der Waals surface area contributed by atoms with Gasteiger partial charge in [-0.3, -0.25) is 28.9 Å². The molecular weight excluding hydrogens is 927 g/mol. The Morgan fingerprint density at radius 2 is 1.67 bits per heavy atom. The number of halogens is 1. The topological polar surface area (TPSA) is 176 Å². The van der Waals surface area contributed by atoms with Crippen LogP contribution in [0.4, 0.5) is 40.2 Å². The number of amides is 3. The van der Waals surface area contributed by atoms with Crippen molar-refractivity contribution in [2.45, 2.75) is 57.7 Å². The van der Waals surface area contributed by atoms with Gasteiger partial charge in [0.05, 0.1) is 34.9 Å². The fourth-order valence-electron chi connectivity index (χ4n) is 10.7. The van der Waals surface area contributed by atoms with Gasteiger partial charge in [0.25, 0.3) is 5.91 Å². The van der Waals surface area contributed by atoms with Crippen molar-refractivity contribution in [3.63, 3.8) is 0 Å². The number of nitrogens with zero attached hydrogens (tertiary/aromatic N) is 8. The van der Waals surface area contributed by atoms with Crippen LogP contribution >= 0.6 is 15.9 Å². The molecule has 0 bridgehead atoms. The molecule has 3 amide bonds. The van der Waals surface area contributed by atoms with E-state index in [1.165, 1.54) is 10.6 Å². The smallest absolute Gasteiger partial charge is 0.255 e. The number of anilines is 7. The Morgan fingerprint density at radius 1 is 0.879 bits per heavy atom. The number of nitrogens with one attached hydrogen (secondary N) is 3. The second-order valence-corrected chi connectivity index (χ2v) is 21.2. The van der Waals surface area contributed by atoms with Crippen molar-refractivity contribution < 1.29 is 27.5 Å². The molecule has 66 heavy (non-hydrogen) atoms. The number of imide groups is 1. The van der Waals surface area contributed by atoms with Crippen LogP contribution in [0.25, 0.3) is 0 Å². The van der Waals surface area contributed by atoms with Crippen LogP contribution in [-0.4, -0.2) is 142 Å². The lowest BCUT2D eigenvalue weighted by Gasteiger charge is -2.46. The van der Waals surface area contributed by atoms with Crippen LogP contribution in [0.5, 0.6) is 5.75 Å². The lowest BCUT2D eigenvalue weighted by molar-refractivity contribution is -0.136. The molecule has 0 aliphatic carbocycles. The van der Waals surface area contributed by atoms with Gasteiger partial charge in [-0.05, 0) is 89.5 Å². The van der Waals surface area contributed by atoms with E-state index in [1.54, 1.807) is 18.2 Å². The monoisotopic (exact) mass is 981 g/mol. The first kappa shape index (κ1) is 44.3. The summed E-state index contributed by atoms with van der Waals surface area (Å²) >= 11 is 3.57. The van der Waals surface area contributed by atoms with E-state index >= 15 is 0 Å². The van der Waals surface area contributed by atoms with Crippen molar-refractivity contribution in [2.75, 3.05) is 104 Å². The van der Waals surface area contributed by atoms with E-state index in [9.17, 15) is 22.8 Å². The molecule has 1 atom stereocenters. The number of piperidine rings is 2. The van der Waals surface area contributed by atoms with Crippen molar-refractivity contribution >= 4 is 83.9 Å². The molecule has 4 fully saturated rings. The minimum absolute atomic E-state index is 0.127. The normalized spacial score (nSPS) is 20.9. The van der Waals surface area contributed by atoms with Crippen molar-refractivity contribution in [1.82, 2.24) is 30.0 Å². The zero-order valence-corrected chi connectivity index (χ0v) is 40.0. The van der Waals surface area contributed by atoms with Crippen molar-refractivity contribution in [3.05, 3.63) is 81.5 Å². The van der Waals surface area contributed by atoms with Crippen LogP contribution in [0, 0.1) is 12.8 Å². The summed E-state index contributed by atoms with van der Waals surface area (Å²) in [6.07, 6.45) is 6.36. The minimum Gasteiger partial charge on any atom is -0.494 e. The number of carbonyl (C=O) groups excluding carboxylic acids is 3. The number of hydrogen-bond acceptors (Lipinski definition) is 14.